The molecule has 128 valence electrons. The number of rotatable bonds is 3. The second-order valence-electron chi connectivity index (χ2n) is 6.40. The third-order valence-electron chi connectivity index (χ3n) is 4.78. The first-order valence-electron chi connectivity index (χ1n) is 8.65. The number of aryl methyl sites for hydroxylation is 2. The van der Waals surface area contributed by atoms with E-state index in [1.165, 1.54) is 53.5 Å². The lowest BCUT2D eigenvalue weighted by molar-refractivity contribution is 0.174. The molecule has 4 nitrogen and oxygen atoms in total. The van der Waals surface area contributed by atoms with E-state index in [0.717, 1.165) is 27.1 Å². The summed E-state index contributed by atoms with van der Waals surface area (Å²) in [5, 5.41) is 2.41. The standard InChI is InChI=1S/C19H18N2O2S2/c1-2-4-13-16(5-3-1)25-19-17(13)18(20-10-21-19)24-9-12-6-7-14-15(8-12)23-11-22-14/h6-8,10H,1-5,9,11H2. The summed E-state index contributed by atoms with van der Waals surface area (Å²) >= 11 is 3.66. The molecule has 1 aromatic carbocycles. The van der Waals surface area contributed by atoms with Crippen molar-refractivity contribution in [1.82, 2.24) is 9.97 Å². The molecule has 0 saturated heterocycles. The molecule has 0 amide bonds. The Hall–Kier alpha value is -1.79. The van der Waals surface area contributed by atoms with E-state index in [4.69, 9.17) is 9.47 Å². The Morgan fingerprint density at radius 2 is 1.96 bits per heavy atom. The predicted molar refractivity (Wildman–Crippen MR) is 101 cm³/mol. The van der Waals surface area contributed by atoms with Crippen LogP contribution in [0.1, 0.15) is 35.3 Å². The summed E-state index contributed by atoms with van der Waals surface area (Å²) in [6.07, 6.45) is 7.98. The molecule has 3 aromatic rings. The molecule has 0 unspecified atom stereocenters. The fraction of sp³-hybridized carbons (Fsp3) is 0.368. The number of thioether (sulfide) groups is 1. The average Bonchev–Trinajstić information content (AvgIpc) is 3.17. The van der Waals surface area contributed by atoms with Gasteiger partial charge in [0.05, 0.1) is 0 Å². The molecule has 0 bridgehead atoms. The maximum atomic E-state index is 5.48. The van der Waals surface area contributed by atoms with Crippen molar-refractivity contribution < 1.29 is 9.47 Å². The predicted octanol–water partition coefficient (Wildman–Crippen LogP) is 4.98. The molecular formula is C19H18N2O2S2. The van der Waals surface area contributed by atoms with Crippen LogP contribution in [0.3, 0.4) is 0 Å². The highest BCUT2D eigenvalue weighted by Gasteiger charge is 2.19. The summed E-state index contributed by atoms with van der Waals surface area (Å²) < 4.78 is 10.9. The summed E-state index contributed by atoms with van der Waals surface area (Å²) in [7, 11) is 0. The molecule has 0 spiro atoms. The van der Waals surface area contributed by atoms with Crippen molar-refractivity contribution >= 4 is 33.3 Å². The van der Waals surface area contributed by atoms with Crippen molar-refractivity contribution in [1.29, 1.82) is 0 Å². The lowest BCUT2D eigenvalue weighted by atomic mass is 10.1. The summed E-state index contributed by atoms with van der Waals surface area (Å²) in [5.74, 6) is 2.55. The molecule has 3 heterocycles. The van der Waals surface area contributed by atoms with Gasteiger partial charge in [-0.25, -0.2) is 9.97 Å². The molecule has 5 rings (SSSR count). The van der Waals surface area contributed by atoms with Crippen molar-refractivity contribution in [2.75, 3.05) is 6.79 Å². The number of nitrogens with zero attached hydrogens (tertiary/aromatic N) is 2. The van der Waals surface area contributed by atoms with Crippen LogP contribution in [-0.2, 0) is 18.6 Å². The van der Waals surface area contributed by atoms with Gasteiger partial charge in [0.1, 0.15) is 16.2 Å². The summed E-state index contributed by atoms with van der Waals surface area (Å²) in [5.41, 5.74) is 2.73. The maximum absolute atomic E-state index is 5.48. The zero-order valence-corrected chi connectivity index (χ0v) is 15.4. The minimum Gasteiger partial charge on any atom is -0.454 e. The summed E-state index contributed by atoms with van der Waals surface area (Å²) in [6.45, 7) is 0.319. The fourth-order valence-electron chi connectivity index (χ4n) is 3.53. The molecule has 0 saturated carbocycles. The molecule has 1 aliphatic heterocycles. The SMILES string of the molecule is c1nc(SCc2ccc3c(c2)OCO3)c2c3c(sc2n1)CCCCC3. The van der Waals surface area contributed by atoms with Crippen molar-refractivity contribution in [3.63, 3.8) is 0 Å². The Kier molecular flexibility index (Phi) is 4.02. The number of ether oxygens (including phenoxy) is 2. The van der Waals surface area contributed by atoms with Gasteiger partial charge < -0.3 is 9.47 Å². The van der Waals surface area contributed by atoms with Crippen molar-refractivity contribution in [3.8, 4) is 11.5 Å². The molecule has 0 radical (unpaired) electrons. The number of aromatic nitrogens is 2. The molecule has 2 aromatic heterocycles. The fourth-order valence-corrected chi connectivity index (χ4v) is 5.79. The monoisotopic (exact) mass is 370 g/mol. The van der Waals surface area contributed by atoms with Gasteiger partial charge in [0.25, 0.3) is 0 Å². The Bertz CT molecular complexity index is 939. The Morgan fingerprint density at radius 1 is 1.04 bits per heavy atom. The van der Waals surface area contributed by atoms with Crippen LogP contribution in [0.4, 0.5) is 0 Å². The molecule has 1 aliphatic carbocycles. The number of hydrogen-bond donors (Lipinski definition) is 0. The Balaban J connectivity index is 1.45. The highest BCUT2D eigenvalue weighted by molar-refractivity contribution is 7.98. The van der Waals surface area contributed by atoms with Gasteiger partial charge in [-0.2, -0.15) is 0 Å². The van der Waals surface area contributed by atoms with Crippen LogP contribution in [-0.4, -0.2) is 16.8 Å². The zero-order chi connectivity index (χ0) is 16.6. The van der Waals surface area contributed by atoms with Gasteiger partial charge in [-0.15, -0.1) is 23.1 Å². The van der Waals surface area contributed by atoms with E-state index in [1.54, 1.807) is 18.1 Å². The number of fused-ring (bicyclic) bond motifs is 4. The third-order valence-corrected chi connectivity index (χ3v) is 7.04. The van der Waals surface area contributed by atoms with E-state index in [-0.39, 0.29) is 0 Å². The zero-order valence-electron chi connectivity index (χ0n) is 13.8. The van der Waals surface area contributed by atoms with Crippen LogP contribution < -0.4 is 9.47 Å². The van der Waals surface area contributed by atoms with Crippen LogP contribution in [0.25, 0.3) is 10.2 Å². The van der Waals surface area contributed by atoms with Gasteiger partial charge in [-0.1, -0.05) is 12.5 Å². The molecule has 0 N–H and O–H groups in total. The van der Waals surface area contributed by atoms with E-state index >= 15 is 0 Å². The quantitative estimate of drug-likeness (QED) is 0.369. The first-order chi connectivity index (χ1) is 12.4. The van der Waals surface area contributed by atoms with Crippen LogP contribution in [0.5, 0.6) is 11.5 Å². The van der Waals surface area contributed by atoms with E-state index in [0.29, 0.717) is 6.79 Å². The first-order valence-corrected chi connectivity index (χ1v) is 10.5. The van der Waals surface area contributed by atoms with Gasteiger partial charge in [-0.3, -0.25) is 0 Å². The van der Waals surface area contributed by atoms with E-state index < -0.39 is 0 Å². The molecule has 0 fully saturated rings. The minimum atomic E-state index is 0.319. The van der Waals surface area contributed by atoms with E-state index in [9.17, 15) is 0 Å². The molecular weight excluding hydrogens is 352 g/mol. The van der Waals surface area contributed by atoms with Crippen LogP contribution in [0.15, 0.2) is 29.6 Å². The first kappa shape index (κ1) is 15.5. The van der Waals surface area contributed by atoms with Gasteiger partial charge in [0.15, 0.2) is 11.5 Å². The molecule has 6 heteroatoms. The largest absolute Gasteiger partial charge is 0.454 e. The molecule has 0 atom stereocenters. The number of thiophene rings is 1. The lowest BCUT2D eigenvalue weighted by Gasteiger charge is -2.06. The Labute approximate surface area is 154 Å². The summed E-state index contributed by atoms with van der Waals surface area (Å²) in [4.78, 5) is 11.8. The molecule has 25 heavy (non-hydrogen) atoms. The highest BCUT2D eigenvalue weighted by atomic mass is 32.2. The lowest BCUT2D eigenvalue weighted by Crippen LogP contribution is -1.93. The minimum absolute atomic E-state index is 0.319. The van der Waals surface area contributed by atoms with E-state index in [1.807, 2.05) is 17.4 Å². The Morgan fingerprint density at radius 3 is 2.96 bits per heavy atom. The van der Waals surface area contributed by atoms with Gasteiger partial charge in [0, 0.05) is 16.0 Å². The van der Waals surface area contributed by atoms with Gasteiger partial charge >= 0.3 is 0 Å². The van der Waals surface area contributed by atoms with Gasteiger partial charge in [0.2, 0.25) is 6.79 Å². The maximum Gasteiger partial charge on any atom is 0.231 e. The summed E-state index contributed by atoms with van der Waals surface area (Å²) in [6, 6.07) is 6.17. The molecule has 2 aliphatic rings. The highest BCUT2D eigenvalue weighted by Crippen LogP contribution is 2.40. The van der Waals surface area contributed by atoms with Crippen LogP contribution in [0, 0.1) is 0 Å². The van der Waals surface area contributed by atoms with Crippen molar-refractivity contribution in [2.24, 2.45) is 0 Å². The second kappa shape index (κ2) is 6.50. The van der Waals surface area contributed by atoms with Crippen molar-refractivity contribution in [3.05, 3.63) is 40.5 Å². The average molecular weight is 370 g/mol. The van der Waals surface area contributed by atoms with E-state index in [2.05, 4.69) is 22.1 Å². The normalized spacial score (nSPS) is 16.0. The van der Waals surface area contributed by atoms with Crippen molar-refractivity contribution in [2.45, 2.75) is 42.9 Å². The number of hydrogen-bond acceptors (Lipinski definition) is 6. The number of benzene rings is 1. The van der Waals surface area contributed by atoms with Crippen LogP contribution in [0.2, 0.25) is 0 Å². The second-order valence-corrected chi connectivity index (χ2v) is 8.45. The topological polar surface area (TPSA) is 44.2 Å². The van der Waals surface area contributed by atoms with Gasteiger partial charge in [-0.05, 0) is 48.9 Å². The smallest absolute Gasteiger partial charge is 0.231 e. The third kappa shape index (κ3) is 2.87. The van der Waals surface area contributed by atoms with Crippen LogP contribution >= 0.6 is 23.1 Å².